The molecule has 5 nitrogen and oxygen atoms in total. The monoisotopic (exact) mass is 277 g/mol. The van der Waals surface area contributed by atoms with E-state index in [4.69, 9.17) is 14.0 Å². The quantitative estimate of drug-likeness (QED) is 0.843. The number of rotatable bonds is 7. The van der Waals surface area contributed by atoms with E-state index in [-0.39, 0.29) is 0 Å². The van der Waals surface area contributed by atoms with E-state index in [1.165, 1.54) is 0 Å². The number of hydrogen-bond acceptors (Lipinski definition) is 5. The number of aromatic nitrogens is 1. The van der Waals surface area contributed by atoms with Gasteiger partial charge in [0.2, 0.25) is 0 Å². The molecule has 2 aromatic rings. The third kappa shape index (κ3) is 3.59. The third-order valence-corrected chi connectivity index (χ3v) is 2.93. The maximum absolute atomic E-state index is 9.95. The lowest BCUT2D eigenvalue weighted by Crippen LogP contribution is -2.02. The molecule has 0 radical (unpaired) electrons. The molecule has 0 aliphatic heterocycles. The van der Waals surface area contributed by atoms with E-state index in [2.05, 4.69) is 5.16 Å². The van der Waals surface area contributed by atoms with Gasteiger partial charge in [-0.25, -0.2) is 0 Å². The number of aliphatic hydroxyl groups is 1. The van der Waals surface area contributed by atoms with Gasteiger partial charge in [0.25, 0.3) is 0 Å². The van der Waals surface area contributed by atoms with Crippen molar-refractivity contribution in [3.63, 3.8) is 0 Å². The SMILES string of the molecule is CCC(O)c1ccccc1OCc1cc(COC)on1. The van der Waals surface area contributed by atoms with Crippen LogP contribution in [0.1, 0.15) is 36.5 Å². The lowest BCUT2D eigenvalue weighted by molar-refractivity contribution is 0.155. The minimum absolute atomic E-state index is 0.292. The molecule has 0 saturated carbocycles. The lowest BCUT2D eigenvalue weighted by Gasteiger charge is -2.14. The summed E-state index contributed by atoms with van der Waals surface area (Å²) in [6.07, 6.45) is 0.120. The maximum Gasteiger partial charge on any atom is 0.162 e. The van der Waals surface area contributed by atoms with Crippen LogP contribution >= 0.6 is 0 Å². The zero-order valence-electron chi connectivity index (χ0n) is 11.7. The summed E-state index contributed by atoms with van der Waals surface area (Å²) in [6.45, 7) is 2.61. The fourth-order valence-electron chi connectivity index (χ4n) is 1.89. The van der Waals surface area contributed by atoms with E-state index in [0.717, 1.165) is 5.56 Å². The second-order valence-corrected chi connectivity index (χ2v) is 4.47. The summed E-state index contributed by atoms with van der Waals surface area (Å²) in [5, 5.41) is 13.9. The zero-order chi connectivity index (χ0) is 14.4. The van der Waals surface area contributed by atoms with Crippen molar-refractivity contribution in [2.75, 3.05) is 7.11 Å². The first-order chi connectivity index (χ1) is 9.74. The highest BCUT2D eigenvalue weighted by molar-refractivity contribution is 5.35. The molecular formula is C15H19NO4. The fraction of sp³-hybridized carbons (Fsp3) is 0.400. The minimum atomic E-state index is -0.521. The molecule has 1 aromatic carbocycles. The Kier molecular flexibility index (Phi) is 5.15. The number of nitrogens with zero attached hydrogens (tertiary/aromatic N) is 1. The molecule has 5 heteroatoms. The van der Waals surface area contributed by atoms with E-state index >= 15 is 0 Å². The summed E-state index contributed by atoms with van der Waals surface area (Å²) < 4.78 is 15.8. The van der Waals surface area contributed by atoms with Gasteiger partial charge in [0.15, 0.2) is 5.76 Å². The molecule has 1 N–H and O–H groups in total. The Bertz CT molecular complexity index is 538. The molecule has 2 rings (SSSR count). The van der Waals surface area contributed by atoms with Crippen molar-refractivity contribution in [2.24, 2.45) is 0 Å². The van der Waals surface area contributed by atoms with Gasteiger partial charge in [0, 0.05) is 18.7 Å². The van der Waals surface area contributed by atoms with Crippen molar-refractivity contribution < 1.29 is 19.1 Å². The summed E-state index contributed by atoms with van der Waals surface area (Å²) >= 11 is 0. The van der Waals surface area contributed by atoms with Crippen LogP contribution in [0.4, 0.5) is 0 Å². The molecule has 0 fully saturated rings. The van der Waals surface area contributed by atoms with Gasteiger partial charge < -0.3 is 19.1 Å². The summed E-state index contributed by atoms with van der Waals surface area (Å²) in [5.41, 5.74) is 1.48. The van der Waals surface area contributed by atoms with Gasteiger partial charge in [-0.15, -0.1) is 0 Å². The molecular weight excluding hydrogens is 258 g/mol. The van der Waals surface area contributed by atoms with Gasteiger partial charge in [-0.3, -0.25) is 0 Å². The summed E-state index contributed by atoms with van der Waals surface area (Å²) in [4.78, 5) is 0. The smallest absolute Gasteiger partial charge is 0.162 e. The topological polar surface area (TPSA) is 64.7 Å². The molecule has 108 valence electrons. The third-order valence-electron chi connectivity index (χ3n) is 2.93. The van der Waals surface area contributed by atoms with E-state index < -0.39 is 6.10 Å². The van der Waals surface area contributed by atoms with Crippen molar-refractivity contribution in [3.05, 3.63) is 47.3 Å². The number of hydrogen-bond donors (Lipinski definition) is 1. The molecule has 1 heterocycles. The van der Waals surface area contributed by atoms with Crippen LogP contribution in [-0.4, -0.2) is 17.4 Å². The predicted octanol–water partition coefficient (Wildman–Crippen LogP) is 2.84. The second-order valence-electron chi connectivity index (χ2n) is 4.47. The largest absolute Gasteiger partial charge is 0.487 e. The Morgan fingerprint density at radius 3 is 2.85 bits per heavy atom. The minimum Gasteiger partial charge on any atom is -0.487 e. The van der Waals surface area contributed by atoms with Crippen LogP contribution in [0.25, 0.3) is 0 Å². The van der Waals surface area contributed by atoms with E-state index in [9.17, 15) is 5.11 Å². The maximum atomic E-state index is 9.95. The van der Waals surface area contributed by atoms with Crippen molar-refractivity contribution in [3.8, 4) is 5.75 Å². The highest BCUT2D eigenvalue weighted by atomic mass is 16.5. The van der Waals surface area contributed by atoms with Crippen LogP contribution in [0.5, 0.6) is 5.75 Å². The Hall–Kier alpha value is -1.85. The van der Waals surface area contributed by atoms with Gasteiger partial charge >= 0.3 is 0 Å². The summed E-state index contributed by atoms with van der Waals surface area (Å²) in [5.74, 6) is 1.33. The zero-order valence-corrected chi connectivity index (χ0v) is 11.7. The fourth-order valence-corrected chi connectivity index (χ4v) is 1.89. The van der Waals surface area contributed by atoms with Crippen LogP contribution in [0.15, 0.2) is 34.9 Å². The predicted molar refractivity (Wildman–Crippen MR) is 73.2 cm³/mol. The van der Waals surface area contributed by atoms with Gasteiger partial charge in [-0.2, -0.15) is 0 Å². The van der Waals surface area contributed by atoms with Crippen molar-refractivity contribution >= 4 is 0 Å². The van der Waals surface area contributed by atoms with E-state index in [1.807, 2.05) is 31.2 Å². The van der Waals surface area contributed by atoms with Crippen LogP contribution in [0, 0.1) is 0 Å². The van der Waals surface area contributed by atoms with Crippen LogP contribution in [-0.2, 0) is 18.0 Å². The van der Waals surface area contributed by atoms with Crippen molar-refractivity contribution in [2.45, 2.75) is 32.7 Å². The highest BCUT2D eigenvalue weighted by Gasteiger charge is 2.12. The van der Waals surface area contributed by atoms with Crippen LogP contribution in [0.2, 0.25) is 0 Å². The number of methoxy groups -OCH3 is 1. The van der Waals surface area contributed by atoms with Crippen LogP contribution in [0.3, 0.4) is 0 Å². The Balaban J connectivity index is 2.02. The van der Waals surface area contributed by atoms with E-state index in [0.29, 0.717) is 36.8 Å². The van der Waals surface area contributed by atoms with Gasteiger partial charge in [0.05, 0.1) is 6.10 Å². The van der Waals surface area contributed by atoms with Crippen LogP contribution < -0.4 is 4.74 Å². The van der Waals surface area contributed by atoms with E-state index in [1.54, 1.807) is 13.2 Å². The molecule has 0 saturated heterocycles. The Morgan fingerprint density at radius 1 is 1.30 bits per heavy atom. The first-order valence-corrected chi connectivity index (χ1v) is 6.57. The molecule has 0 amide bonds. The standard InChI is InChI=1S/C15H19NO4/c1-3-14(17)13-6-4-5-7-15(13)19-9-11-8-12(10-18-2)20-16-11/h4-8,14,17H,3,9-10H2,1-2H3. The molecule has 0 aliphatic rings. The summed E-state index contributed by atoms with van der Waals surface area (Å²) in [7, 11) is 1.60. The number of ether oxygens (including phenoxy) is 2. The number of aliphatic hydroxyl groups excluding tert-OH is 1. The van der Waals surface area contributed by atoms with Gasteiger partial charge in [-0.05, 0) is 12.5 Å². The first-order valence-electron chi connectivity index (χ1n) is 6.57. The Morgan fingerprint density at radius 2 is 2.10 bits per heavy atom. The second kappa shape index (κ2) is 7.07. The highest BCUT2D eigenvalue weighted by Crippen LogP contribution is 2.27. The average Bonchev–Trinajstić information content (AvgIpc) is 2.93. The lowest BCUT2D eigenvalue weighted by atomic mass is 10.1. The molecule has 1 aromatic heterocycles. The molecule has 20 heavy (non-hydrogen) atoms. The van der Waals surface area contributed by atoms with Gasteiger partial charge in [-0.1, -0.05) is 30.3 Å². The van der Waals surface area contributed by atoms with Gasteiger partial charge in [0.1, 0.15) is 24.7 Å². The molecule has 0 bridgehead atoms. The Labute approximate surface area is 118 Å². The molecule has 0 spiro atoms. The average molecular weight is 277 g/mol. The van der Waals surface area contributed by atoms with Crippen molar-refractivity contribution in [1.29, 1.82) is 0 Å². The molecule has 0 aliphatic carbocycles. The molecule has 1 unspecified atom stereocenters. The normalized spacial score (nSPS) is 12.3. The number of benzene rings is 1. The summed E-state index contributed by atoms with van der Waals surface area (Å²) in [6, 6.07) is 9.25. The molecule has 1 atom stereocenters. The number of para-hydroxylation sites is 1. The first kappa shape index (κ1) is 14.6. The van der Waals surface area contributed by atoms with Crippen molar-refractivity contribution in [1.82, 2.24) is 5.16 Å².